The van der Waals surface area contributed by atoms with Crippen LogP contribution in [0.4, 0.5) is 5.69 Å². The predicted molar refractivity (Wildman–Crippen MR) is 81.2 cm³/mol. The summed E-state index contributed by atoms with van der Waals surface area (Å²) in [6.07, 6.45) is 0.811. The van der Waals surface area contributed by atoms with E-state index in [1.54, 1.807) is 4.68 Å². The van der Waals surface area contributed by atoms with Crippen LogP contribution >= 0.6 is 11.6 Å². The van der Waals surface area contributed by atoms with E-state index in [-0.39, 0.29) is 5.91 Å². The summed E-state index contributed by atoms with van der Waals surface area (Å²) < 4.78 is 1.72. The molecule has 1 aromatic heterocycles. The molecule has 0 aliphatic heterocycles. The van der Waals surface area contributed by atoms with Crippen LogP contribution in [-0.2, 0) is 18.8 Å². The Labute approximate surface area is 123 Å². The van der Waals surface area contributed by atoms with Gasteiger partial charge in [-0.05, 0) is 31.0 Å². The third kappa shape index (κ3) is 3.02. The van der Waals surface area contributed by atoms with Crippen LogP contribution in [0.15, 0.2) is 30.3 Å². The van der Waals surface area contributed by atoms with Gasteiger partial charge in [0.15, 0.2) is 0 Å². The lowest BCUT2D eigenvalue weighted by Gasteiger charge is -2.09. The van der Waals surface area contributed by atoms with Crippen molar-refractivity contribution >= 4 is 23.2 Å². The summed E-state index contributed by atoms with van der Waals surface area (Å²) in [4.78, 5) is 12.4. The van der Waals surface area contributed by atoms with Crippen molar-refractivity contribution in [2.24, 2.45) is 0 Å². The van der Waals surface area contributed by atoms with Crippen molar-refractivity contribution in [1.82, 2.24) is 9.78 Å². The number of amides is 1. The van der Waals surface area contributed by atoms with Gasteiger partial charge >= 0.3 is 0 Å². The minimum atomic E-state index is -0.156. The van der Waals surface area contributed by atoms with Crippen LogP contribution in [0.3, 0.4) is 0 Å². The highest BCUT2D eigenvalue weighted by Crippen LogP contribution is 2.18. The van der Waals surface area contributed by atoms with E-state index < -0.39 is 0 Å². The number of hydrogen-bond donors (Lipinski definition) is 1. The van der Waals surface area contributed by atoms with Crippen LogP contribution in [-0.4, -0.2) is 15.7 Å². The van der Waals surface area contributed by atoms with Gasteiger partial charge in [-0.15, -0.1) is 11.6 Å². The maximum Gasteiger partial charge on any atom is 0.273 e. The quantitative estimate of drug-likeness (QED) is 0.858. The van der Waals surface area contributed by atoms with Gasteiger partial charge in [0.25, 0.3) is 5.91 Å². The van der Waals surface area contributed by atoms with Gasteiger partial charge in [-0.1, -0.05) is 25.1 Å². The summed E-state index contributed by atoms with van der Waals surface area (Å²) in [6, 6.07) is 9.36. The number of para-hydroxylation sites is 1. The standard InChI is InChI=1S/C15H18ClN3O/c1-3-12-9-14(19(4-2)18-12)15(20)17-13-8-6-5-7-11(13)10-16/h5-9H,3-4,10H2,1-2H3,(H,17,20). The molecule has 1 N–H and O–H groups in total. The van der Waals surface area contributed by atoms with Gasteiger partial charge in [0.1, 0.15) is 5.69 Å². The van der Waals surface area contributed by atoms with Crippen molar-refractivity contribution < 1.29 is 4.79 Å². The molecule has 1 amide bonds. The first-order valence-electron chi connectivity index (χ1n) is 6.71. The van der Waals surface area contributed by atoms with Crippen molar-refractivity contribution in [2.75, 3.05) is 5.32 Å². The van der Waals surface area contributed by atoms with Crippen LogP contribution in [0.5, 0.6) is 0 Å². The Balaban J connectivity index is 2.26. The number of carbonyl (C=O) groups is 1. The average molecular weight is 292 g/mol. The molecule has 2 rings (SSSR count). The van der Waals surface area contributed by atoms with Crippen LogP contribution < -0.4 is 5.32 Å². The molecule has 0 aliphatic rings. The SMILES string of the molecule is CCc1cc(C(=O)Nc2ccccc2CCl)n(CC)n1. The van der Waals surface area contributed by atoms with Crippen molar-refractivity contribution in [3.8, 4) is 0 Å². The topological polar surface area (TPSA) is 46.9 Å². The van der Waals surface area contributed by atoms with Gasteiger partial charge in [0.05, 0.1) is 5.69 Å². The first-order valence-corrected chi connectivity index (χ1v) is 7.25. The largest absolute Gasteiger partial charge is 0.320 e. The molecule has 0 spiro atoms. The van der Waals surface area contributed by atoms with Crippen molar-refractivity contribution in [1.29, 1.82) is 0 Å². The number of nitrogens with zero attached hydrogens (tertiary/aromatic N) is 2. The molecule has 0 atom stereocenters. The van der Waals surface area contributed by atoms with E-state index in [4.69, 9.17) is 11.6 Å². The van der Waals surface area contributed by atoms with E-state index in [1.807, 2.05) is 44.2 Å². The number of aryl methyl sites for hydroxylation is 2. The zero-order valence-electron chi connectivity index (χ0n) is 11.7. The molecular weight excluding hydrogens is 274 g/mol. The highest BCUT2D eigenvalue weighted by Gasteiger charge is 2.15. The molecule has 2 aromatic rings. The Morgan fingerprint density at radius 3 is 2.75 bits per heavy atom. The number of halogens is 1. The van der Waals surface area contributed by atoms with E-state index in [9.17, 15) is 4.79 Å². The molecule has 0 saturated carbocycles. The number of hydrogen-bond acceptors (Lipinski definition) is 2. The van der Waals surface area contributed by atoms with E-state index in [2.05, 4.69) is 10.4 Å². The van der Waals surface area contributed by atoms with E-state index in [0.717, 1.165) is 23.4 Å². The first kappa shape index (κ1) is 14.6. The summed E-state index contributed by atoms with van der Waals surface area (Å²) in [5.74, 6) is 0.209. The average Bonchev–Trinajstić information content (AvgIpc) is 2.91. The Kier molecular flexibility index (Phi) is 4.79. The molecule has 0 bridgehead atoms. The van der Waals surface area contributed by atoms with Gasteiger partial charge < -0.3 is 5.32 Å². The van der Waals surface area contributed by atoms with Crippen LogP contribution in [0.2, 0.25) is 0 Å². The van der Waals surface area contributed by atoms with Gasteiger partial charge in [-0.3, -0.25) is 9.48 Å². The normalized spacial score (nSPS) is 10.6. The highest BCUT2D eigenvalue weighted by molar-refractivity contribution is 6.17. The number of benzene rings is 1. The van der Waals surface area contributed by atoms with E-state index in [0.29, 0.717) is 18.1 Å². The second-order valence-electron chi connectivity index (χ2n) is 4.44. The third-order valence-electron chi connectivity index (χ3n) is 3.13. The third-order valence-corrected chi connectivity index (χ3v) is 3.42. The fraction of sp³-hybridized carbons (Fsp3) is 0.333. The predicted octanol–water partition coefficient (Wildman–Crippen LogP) is 3.46. The molecular formula is C15H18ClN3O. The number of alkyl halides is 1. The maximum absolute atomic E-state index is 12.4. The monoisotopic (exact) mass is 291 g/mol. The lowest BCUT2D eigenvalue weighted by molar-refractivity contribution is 0.101. The van der Waals surface area contributed by atoms with Crippen molar-refractivity contribution in [2.45, 2.75) is 32.7 Å². The molecule has 0 aliphatic carbocycles. The molecule has 20 heavy (non-hydrogen) atoms. The summed E-state index contributed by atoms with van der Waals surface area (Å²) in [7, 11) is 0. The fourth-order valence-electron chi connectivity index (χ4n) is 2.01. The van der Waals surface area contributed by atoms with E-state index in [1.165, 1.54) is 0 Å². The highest BCUT2D eigenvalue weighted by atomic mass is 35.5. The summed E-state index contributed by atoms with van der Waals surface area (Å²) in [6.45, 7) is 4.66. The Morgan fingerprint density at radius 1 is 1.35 bits per heavy atom. The smallest absolute Gasteiger partial charge is 0.273 e. The van der Waals surface area contributed by atoms with Crippen molar-refractivity contribution in [3.63, 3.8) is 0 Å². The zero-order valence-corrected chi connectivity index (χ0v) is 12.4. The molecule has 4 nitrogen and oxygen atoms in total. The lowest BCUT2D eigenvalue weighted by Crippen LogP contribution is -2.18. The molecule has 1 heterocycles. The molecule has 106 valence electrons. The number of carbonyl (C=O) groups excluding carboxylic acids is 1. The molecule has 1 aromatic carbocycles. The van der Waals surface area contributed by atoms with Gasteiger partial charge in [0, 0.05) is 18.1 Å². The Hall–Kier alpha value is -1.81. The van der Waals surface area contributed by atoms with Gasteiger partial charge in [-0.25, -0.2) is 0 Å². The minimum Gasteiger partial charge on any atom is -0.320 e. The number of anilines is 1. The molecule has 0 unspecified atom stereocenters. The minimum absolute atomic E-state index is 0.156. The lowest BCUT2D eigenvalue weighted by atomic mass is 10.2. The van der Waals surface area contributed by atoms with Crippen LogP contribution in [0.1, 0.15) is 35.6 Å². The van der Waals surface area contributed by atoms with Crippen LogP contribution in [0, 0.1) is 0 Å². The number of aromatic nitrogens is 2. The van der Waals surface area contributed by atoms with E-state index >= 15 is 0 Å². The van der Waals surface area contributed by atoms with Gasteiger partial charge in [0.2, 0.25) is 0 Å². The first-order chi connectivity index (χ1) is 9.69. The Bertz CT molecular complexity index is 607. The summed E-state index contributed by atoms with van der Waals surface area (Å²) >= 11 is 5.88. The van der Waals surface area contributed by atoms with Crippen LogP contribution in [0.25, 0.3) is 0 Å². The number of nitrogens with one attached hydrogen (secondary N) is 1. The fourth-order valence-corrected chi connectivity index (χ4v) is 2.24. The zero-order chi connectivity index (χ0) is 14.5. The molecule has 5 heteroatoms. The second kappa shape index (κ2) is 6.57. The second-order valence-corrected chi connectivity index (χ2v) is 4.70. The summed E-state index contributed by atoms with van der Waals surface area (Å²) in [5.41, 5.74) is 3.14. The van der Waals surface area contributed by atoms with Crippen molar-refractivity contribution in [3.05, 3.63) is 47.3 Å². The summed E-state index contributed by atoms with van der Waals surface area (Å²) in [5, 5.41) is 7.29. The molecule has 0 saturated heterocycles. The Morgan fingerprint density at radius 2 is 2.10 bits per heavy atom. The number of rotatable bonds is 5. The maximum atomic E-state index is 12.4. The van der Waals surface area contributed by atoms with Gasteiger partial charge in [-0.2, -0.15) is 5.10 Å². The molecule has 0 radical (unpaired) electrons. The molecule has 0 fully saturated rings.